The minimum Gasteiger partial charge on any atom is -0.455 e. The van der Waals surface area contributed by atoms with Crippen LogP contribution in [0.2, 0.25) is 0 Å². The van der Waals surface area contributed by atoms with Crippen molar-refractivity contribution < 1.29 is 32.3 Å². The molecule has 1 aliphatic rings. The Morgan fingerprint density at radius 3 is 2.43 bits per heavy atom. The van der Waals surface area contributed by atoms with Crippen molar-refractivity contribution in [1.82, 2.24) is 4.90 Å². The fraction of sp³-hybridized carbons (Fsp3) is 0.286. The van der Waals surface area contributed by atoms with Crippen LogP contribution in [-0.4, -0.2) is 35.8 Å². The smallest absolute Gasteiger partial charge is 0.418 e. The van der Waals surface area contributed by atoms with Crippen LogP contribution in [0.25, 0.3) is 0 Å². The molecule has 0 spiro atoms. The van der Waals surface area contributed by atoms with Crippen molar-refractivity contribution in [2.24, 2.45) is 5.92 Å². The molecule has 0 radical (unpaired) electrons. The lowest BCUT2D eigenvalue weighted by atomic mass is 10.1. The van der Waals surface area contributed by atoms with Gasteiger partial charge in [-0.1, -0.05) is 42.5 Å². The Balaban J connectivity index is 1.51. The Morgan fingerprint density at radius 2 is 1.73 bits per heavy atom. The average Bonchev–Trinajstić information content (AvgIpc) is 3.07. The van der Waals surface area contributed by atoms with Gasteiger partial charge in [0, 0.05) is 19.5 Å². The van der Waals surface area contributed by atoms with Crippen LogP contribution in [0.5, 0.6) is 0 Å². The number of nitrogens with zero attached hydrogens (tertiary/aromatic N) is 1. The maximum atomic E-state index is 13.0. The number of halogens is 3. The van der Waals surface area contributed by atoms with Gasteiger partial charge in [0.15, 0.2) is 6.61 Å². The van der Waals surface area contributed by atoms with Gasteiger partial charge in [-0.2, -0.15) is 13.2 Å². The first-order chi connectivity index (χ1) is 14.2. The van der Waals surface area contributed by atoms with Crippen LogP contribution in [0.3, 0.4) is 0 Å². The van der Waals surface area contributed by atoms with E-state index in [1.807, 2.05) is 30.3 Å². The average molecular weight is 420 g/mol. The monoisotopic (exact) mass is 420 g/mol. The van der Waals surface area contributed by atoms with E-state index in [4.69, 9.17) is 4.74 Å². The van der Waals surface area contributed by atoms with Crippen molar-refractivity contribution in [2.75, 3.05) is 18.5 Å². The molecule has 0 aromatic heterocycles. The van der Waals surface area contributed by atoms with Gasteiger partial charge >= 0.3 is 12.1 Å². The maximum Gasteiger partial charge on any atom is 0.418 e. The molecule has 0 saturated carbocycles. The Hall–Kier alpha value is -3.36. The molecule has 0 unspecified atom stereocenters. The zero-order valence-corrected chi connectivity index (χ0v) is 15.8. The molecule has 1 saturated heterocycles. The van der Waals surface area contributed by atoms with Crippen LogP contribution in [0, 0.1) is 5.92 Å². The highest BCUT2D eigenvalue weighted by Gasteiger charge is 2.36. The number of amides is 2. The van der Waals surface area contributed by atoms with Crippen molar-refractivity contribution in [3.8, 4) is 0 Å². The first-order valence-corrected chi connectivity index (χ1v) is 9.18. The van der Waals surface area contributed by atoms with Crippen LogP contribution in [-0.2, 0) is 31.8 Å². The van der Waals surface area contributed by atoms with Crippen LogP contribution >= 0.6 is 0 Å². The molecule has 6 nitrogen and oxygen atoms in total. The van der Waals surface area contributed by atoms with Crippen molar-refractivity contribution in [3.05, 3.63) is 65.7 Å². The molecule has 3 rings (SSSR count). The second kappa shape index (κ2) is 8.98. The predicted octanol–water partition coefficient (Wildman–Crippen LogP) is 3.24. The van der Waals surface area contributed by atoms with Crippen LogP contribution in [0.15, 0.2) is 54.6 Å². The van der Waals surface area contributed by atoms with E-state index in [1.54, 1.807) is 0 Å². The summed E-state index contributed by atoms with van der Waals surface area (Å²) in [6, 6.07) is 13.8. The summed E-state index contributed by atoms with van der Waals surface area (Å²) in [7, 11) is 0. The van der Waals surface area contributed by atoms with E-state index in [2.05, 4.69) is 5.32 Å². The minimum absolute atomic E-state index is 0.0375. The molecule has 0 bridgehead atoms. The third-order valence-electron chi connectivity index (χ3n) is 4.62. The predicted molar refractivity (Wildman–Crippen MR) is 101 cm³/mol. The molecule has 1 N–H and O–H groups in total. The molecule has 2 aromatic rings. The van der Waals surface area contributed by atoms with E-state index in [0.717, 1.165) is 17.7 Å². The van der Waals surface area contributed by atoms with Gasteiger partial charge in [0.05, 0.1) is 17.2 Å². The fourth-order valence-corrected chi connectivity index (χ4v) is 3.17. The summed E-state index contributed by atoms with van der Waals surface area (Å²) in [5.74, 6) is -2.57. The number of likely N-dealkylation sites (tertiary alicyclic amines) is 1. The van der Waals surface area contributed by atoms with Gasteiger partial charge in [0.2, 0.25) is 5.91 Å². The highest BCUT2D eigenvalue weighted by atomic mass is 19.4. The SMILES string of the molecule is O=C(COC(=O)[C@@H]1CC(=O)N(Cc2ccccc2)C1)Nc1ccccc1C(F)(F)F. The van der Waals surface area contributed by atoms with Crippen molar-refractivity contribution in [1.29, 1.82) is 0 Å². The maximum absolute atomic E-state index is 13.0. The highest BCUT2D eigenvalue weighted by molar-refractivity contribution is 5.94. The number of hydrogen-bond donors (Lipinski definition) is 1. The first kappa shape index (κ1) is 21.4. The van der Waals surface area contributed by atoms with Gasteiger partial charge < -0.3 is 15.0 Å². The molecule has 1 fully saturated rings. The van der Waals surface area contributed by atoms with Crippen LogP contribution < -0.4 is 5.32 Å². The van der Waals surface area contributed by atoms with Gasteiger partial charge in [-0.3, -0.25) is 14.4 Å². The Bertz CT molecular complexity index is 931. The summed E-state index contributed by atoms with van der Waals surface area (Å²) in [6.45, 7) is -0.225. The number of anilines is 1. The molecular formula is C21H19F3N2O4. The lowest BCUT2D eigenvalue weighted by Crippen LogP contribution is -2.28. The van der Waals surface area contributed by atoms with Crippen molar-refractivity contribution in [3.63, 3.8) is 0 Å². The summed E-state index contributed by atoms with van der Waals surface area (Å²) in [6.07, 6.45) is -4.67. The van der Waals surface area contributed by atoms with Crippen molar-refractivity contribution in [2.45, 2.75) is 19.1 Å². The van der Waals surface area contributed by atoms with E-state index in [0.29, 0.717) is 6.54 Å². The van der Waals surface area contributed by atoms with Gasteiger partial charge in [0.1, 0.15) is 0 Å². The number of para-hydroxylation sites is 1. The summed E-state index contributed by atoms with van der Waals surface area (Å²) in [5.41, 5.74) is -0.499. The Morgan fingerprint density at radius 1 is 1.07 bits per heavy atom. The zero-order valence-electron chi connectivity index (χ0n) is 15.8. The number of alkyl halides is 3. The lowest BCUT2D eigenvalue weighted by Gasteiger charge is -2.16. The fourth-order valence-electron chi connectivity index (χ4n) is 3.17. The lowest BCUT2D eigenvalue weighted by molar-refractivity contribution is -0.151. The Kier molecular flexibility index (Phi) is 6.39. The molecule has 158 valence electrons. The molecule has 30 heavy (non-hydrogen) atoms. The molecule has 9 heteroatoms. The van der Waals surface area contributed by atoms with Crippen LogP contribution in [0.4, 0.5) is 18.9 Å². The molecule has 1 aliphatic heterocycles. The van der Waals surface area contributed by atoms with E-state index >= 15 is 0 Å². The number of carbonyl (C=O) groups is 3. The van der Waals surface area contributed by atoms with Gasteiger partial charge in [0.25, 0.3) is 5.91 Å². The number of hydrogen-bond acceptors (Lipinski definition) is 4. The van der Waals surface area contributed by atoms with E-state index < -0.39 is 41.8 Å². The van der Waals surface area contributed by atoms with Crippen LogP contribution in [0.1, 0.15) is 17.5 Å². The number of nitrogens with one attached hydrogen (secondary N) is 1. The highest BCUT2D eigenvalue weighted by Crippen LogP contribution is 2.34. The third-order valence-corrected chi connectivity index (χ3v) is 4.62. The first-order valence-electron chi connectivity index (χ1n) is 9.18. The summed E-state index contributed by atoms with van der Waals surface area (Å²) in [4.78, 5) is 37.8. The van der Waals surface area contributed by atoms with E-state index in [1.165, 1.54) is 17.0 Å². The second-order valence-corrected chi connectivity index (χ2v) is 6.86. The topological polar surface area (TPSA) is 75.7 Å². The standard InChI is InChI=1S/C21H19F3N2O4/c22-21(23,24)16-8-4-5-9-17(16)25-18(27)13-30-20(29)15-10-19(28)26(12-15)11-14-6-2-1-3-7-14/h1-9,15H,10-13H2,(H,25,27)/t15-/m1/s1. The summed E-state index contributed by atoms with van der Waals surface area (Å²) in [5, 5.41) is 2.10. The van der Waals surface area contributed by atoms with Gasteiger partial charge in [-0.25, -0.2) is 0 Å². The summed E-state index contributed by atoms with van der Waals surface area (Å²) < 4.78 is 43.8. The molecule has 0 aliphatic carbocycles. The number of esters is 1. The van der Waals surface area contributed by atoms with E-state index in [9.17, 15) is 27.6 Å². The van der Waals surface area contributed by atoms with Gasteiger partial charge in [-0.15, -0.1) is 0 Å². The Labute approximate surface area is 170 Å². The molecule has 2 amide bonds. The van der Waals surface area contributed by atoms with Crippen molar-refractivity contribution >= 4 is 23.5 Å². The normalized spacial score (nSPS) is 16.4. The second-order valence-electron chi connectivity index (χ2n) is 6.86. The zero-order chi connectivity index (χ0) is 21.7. The molecule has 1 heterocycles. The van der Waals surface area contributed by atoms with E-state index in [-0.39, 0.29) is 18.9 Å². The number of rotatable bonds is 6. The number of benzene rings is 2. The molecule has 2 aromatic carbocycles. The molecular weight excluding hydrogens is 401 g/mol. The number of carbonyl (C=O) groups excluding carboxylic acids is 3. The van der Waals surface area contributed by atoms with Gasteiger partial charge in [-0.05, 0) is 17.7 Å². The number of ether oxygens (including phenoxy) is 1. The molecule has 1 atom stereocenters. The largest absolute Gasteiger partial charge is 0.455 e. The quantitative estimate of drug-likeness (QED) is 0.728. The minimum atomic E-state index is -4.63. The summed E-state index contributed by atoms with van der Waals surface area (Å²) >= 11 is 0. The third kappa shape index (κ3) is 5.37.